The van der Waals surface area contributed by atoms with Crippen molar-refractivity contribution >= 4 is 5.97 Å². The third kappa shape index (κ3) is 7.96. The molecule has 136 valence electrons. The van der Waals surface area contributed by atoms with Gasteiger partial charge in [0.05, 0.1) is 5.92 Å². The zero-order chi connectivity index (χ0) is 17.8. The minimum absolute atomic E-state index is 0.201. The first-order valence-corrected chi connectivity index (χ1v) is 9.58. The highest BCUT2D eigenvalue weighted by Gasteiger charge is 2.26. The summed E-state index contributed by atoms with van der Waals surface area (Å²) in [6.07, 6.45) is 7.24. The number of carboxylic acids is 1. The average Bonchev–Trinajstić information content (AvgIpc) is 2.59. The number of carbonyl (C=O) groups is 1. The molecule has 0 amide bonds. The molecule has 0 saturated carbocycles. The van der Waals surface area contributed by atoms with Crippen LogP contribution in [0.2, 0.25) is 0 Å². The van der Waals surface area contributed by atoms with Crippen molar-refractivity contribution in [2.45, 2.75) is 78.3 Å². The third-order valence-electron chi connectivity index (χ3n) is 5.00. The Bertz CT molecular complexity index is 446. The van der Waals surface area contributed by atoms with Crippen LogP contribution in [0.3, 0.4) is 0 Å². The number of hydrogen-bond donors (Lipinski definition) is 2. The summed E-state index contributed by atoms with van der Waals surface area (Å²) in [5.74, 6) is -0.503. The summed E-state index contributed by atoms with van der Waals surface area (Å²) < 4.78 is 0. The van der Waals surface area contributed by atoms with Crippen LogP contribution >= 0.6 is 0 Å². The van der Waals surface area contributed by atoms with Gasteiger partial charge in [-0.1, -0.05) is 69.9 Å². The first-order chi connectivity index (χ1) is 11.6. The fourth-order valence-electron chi connectivity index (χ4n) is 3.33. The van der Waals surface area contributed by atoms with Crippen molar-refractivity contribution in [1.82, 2.24) is 5.32 Å². The monoisotopic (exact) mass is 333 g/mol. The highest BCUT2D eigenvalue weighted by molar-refractivity contribution is 5.70. The Morgan fingerprint density at radius 1 is 1.08 bits per heavy atom. The standard InChI is InChI=1S/C21H35NO2/c1-4-6-8-13-19(5-2)20(21(23)24)15-14-17(3)22-16-18-11-9-7-10-12-18/h7,9-12,17,19-20,22H,4-6,8,13-16H2,1-3H3,(H,23,24). The number of carboxylic acid groups (broad SMARTS) is 1. The van der Waals surface area contributed by atoms with Gasteiger partial charge in [-0.3, -0.25) is 4.79 Å². The van der Waals surface area contributed by atoms with E-state index in [-0.39, 0.29) is 5.92 Å². The van der Waals surface area contributed by atoms with Gasteiger partial charge in [-0.15, -0.1) is 0 Å². The van der Waals surface area contributed by atoms with Crippen molar-refractivity contribution in [3.05, 3.63) is 35.9 Å². The zero-order valence-corrected chi connectivity index (χ0v) is 15.6. The van der Waals surface area contributed by atoms with Crippen molar-refractivity contribution < 1.29 is 9.90 Å². The fraction of sp³-hybridized carbons (Fsp3) is 0.667. The summed E-state index contributed by atoms with van der Waals surface area (Å²) in [6.45, 7) is 7.31. The van der Waals surface area contributed by atoms with E-state index < -0.39 is 5.97 Å². The van der Waals surface area contributed by atoms with E-state index in [1.807, 2.05) is 18.2 Å². The minimum atomic E-state index is -0.617. The van der Waals surface area contributed by atoms with Crippen LogP contribution in [0.1, 0.15) is 71.3 Å². The molecule has 0 aliphatic heterocycles. The Morgan fingerprint density at radius 3 is 2.38 bits per heavy atom. The first-order valence-electron chi connectivity index (χ1n) is 9.58. The molecule has 3 atom stereocenters. The predicted octanol–water partition coefficient (Wildman–Crippen LogP) is 5.25. The van der Waals surface area contributed by atoms with E-state index >= 15 is 0 Å². The molecule has 0 aliphatic rings. The second-order valence-electron chi connectivity index (χ2n) is 6.95. The van der Waals surface area contributed by atoms with Gasteiger partial charge in [0, 0.05) is 12.6 Å². The van der Waals surface area contributed by atoms with Crippen LogP contribution in [-0.4, -0.2) is 17.1 Å². The first kappa shape index (κ1) is 20.7. The highest BCUT2D eigenvalue weighted by atomic mass is 16.4. The van der Waals surface area contributed by atoms with Crippen molar-refractivity contribution in [3.8, 4) is 0 Å². The SMILES string of the molecule is CCCCCC(CC)C(CCC(C)NCc1ccccc1)C(=O)O. The highest BCUT2D eigenvalue weighted by Crippen LogP contribution is 2.27. The van der Waals surface area contributed by atoms with E-state index in [1.165, 1.54) is 18.4 Å². The summed E-state index contributed by atoms with van der Waals surface area (Å²) >= 11 is 0. The van der Waals surface area contributed by atoms with Crippen molar-refractivity contribution in [3.63, 3.8) is 0 Å². The van der Waals surface area contributed by atoms with Gasteiger partial charge in [0.1, 0.15) is 0 Å². The Morgan fingerprint density at radius 2 is 1.79 bits per heavy atom. The lowest BCUT2D eigenvalue weighted by molar-refractivity contribution is -0.144. The zero-order valence-electron chi connectivity index (χ0n) is 15.6. The molecule has 24 heavy (non-hydrogen) atoms. The van der Waals surface area contributed by atoms with Crippen LogP contribution in [0.5, 0.6) is 0 Å². The number of benzene rings is 1. The van der Waals surface area contributed by atoms with Crippen LogP contribution in [0.4, 0.5) is 0 Å². The molecule has 0 aromatic heterocycles. The molecule has 3 nitrogen and oxygen atoms in total. The molecule has 0 fully saturated rings. The van der Waals surface area contributed by atoms with Gasteiger partial charge < -0.3 is 10.4 Å². The molecule has 3 unspecified atom stereocenters. The van der Waals surface area contributed by atoms with Gasteiger partial charge in [-0.2, -0.15) is 0 Å². The molecule has 2 N–H and O–H groups in total. The predicted molar refractivity (Wildman–Crippen MR) is 101 cm³/mol. The third-order valence-corrected chi connectivity index (χ3v) is 5.00. The molecule has 1 rings (SSSR count). The maximum atomic E-state index is 11.7. The normalized spacial score (nSPS) is 15.0. The molecule has 3 heteroatoms. The molecule has 1 aromatic rings. The second-order valence-corrected chi connectivity index (χ2v) is 6.95. The Balaban J connectivity index is 2.42. The van der Waals surface area contributed by atoms with Gasteiger partial charge >= 0.3 is 5.97 Å². The fourth-order valence-corrected chi connectivity index (χ4v) is 3.33. The van der Waals surface area contributed by atoms with Gasteiger partial charge in [0.15, 0.2) is 0 Å². The molecule has 0 saturated heterocycles. The molecule has 0 heterocycles. The largest absolute Gasteiger partial charge is 0.481 e. The van der Waals surface area contributed by atoms with Crippen molar-refractivity contribution in [2.75, 3.05) is 0 Å². The van der Waals surface area contributed by atoms with E-state index in [4.69, 9.17) is 0 Å². The summed E-state index contributed by atoms with van der Waals surface area (Å²) in [5, 5.41) is 13.1. The summed E-state index contributed by atoms with van der Waals surface area (Å²) in [7, 11) is 0. The van der Waals surface area contributed by atoms with E-state index in [1.54, 1.807) is 0 Å². The number of aliphatic carboxylic acids is 1. The van der Waals surface area contributed by atoms with Crippen LogP contribution in [0, 0.1) is 11.8 Å². The smallest absolute Gasteiger partial charge is 0.306 e. The molecule has 0 spiro atoms. The Labute approximate surface area is 147 Å². The lowest BCUT2D eigenvalue weighted by Gasteiger charge is -2.24. The lowest BCUT2D eigenvalue weighted by atomic mass is 9.82. The topological polar surface area (TPSA) is 49.3 Å². The average molecular weight is 334 g/mol. The number of rotatable bonds is 13. The van der Waals surface area contributed by atoms with Crippen molar-refractivity contribution in [2.24, 2.45) is 11.8 Å². The molecule has 0 bridgehead atoms. The molecule has 0 radical (unpaired) electrons. The Hall–Kier alpha value is -1.35. The van der Waals surface area contributed by atoms with Gasteiger partial charge in [-0.05, 0) is 37.7 Å². The van der Waals surface area contributed by atoms with E-state index in [0.717, 1.165) is 38.6 Å². The van der Waals surface area contributed by atoms with Crippen LogP contribution < -0.4 is 5.32 Å². The van der Waals surface area contributed by atoms with E-state index in [9.17, 15) is 9.90 Å². The number of unbranched alkanes of at least 4 members (excludes halogenated alkanes) is 2. The number of nitrogens with one attached hydrogen (secondary N) is 1. The van der Waals surface area contributed by atoms with Gasteiger partial charge in [0.25, 0.3) is 0 Å². The summed E-state index contributed by atoms with van der Waals surface area (Å²) in [5.41, 5.74) is 1.27. The van der Waals surface area contributed by atoms with Gasteiger partial charge in [-0.25, -0.2) is 0 Å². The van der Waals surface area contributed by atoms with Crippen LogP contribution in [0.25, 0.3) is 0 Å². The van der Waals surface area contributed by atoms with Gasteiger partial charge in [0.2, 0.25) is 0 Å². The van der Waals surface area contributed by atoms with E-state index in [0.29, 0.717) is 12.0 Å². The summed E-state index contributed by atoms with van der Waals surface area (Å²) in [4.78, 5) is 11.7. The second kappa shape index (κ2) is 12.1. The molecular weight excluding hydrogens is 298 g/mol. The maximum absolute atomic E-state index is 11.7. The van der Waals surface area contributed by atoms with Crippen molar-refractivity contribution in [1.29, 1.82) is 0 Å². The summed E-state index contributed by atoms with van der Waals surface area (Å²) in [6, 6.07) is 10.7. The number of hydrogen-bond acceptors (Lipinski definition) is 2. The molecule has 1 aromatic carbocycles. The van der Waals surface area contributed by atoms with E-state index in [2.05, 4.69) is 38.2 Å². The van der Waals surface area contributed by atoms with Crippen LogP contribution in [-0.2, 0) is 11.3 Å². The maximum Gasteiger partial charge on any atom is 0.306 e. The Kier molecular flexibility index (Phi) is 10.4. The minimum Gasteiger partial charge on any atom is -0.481 e. The quantitative estimate of drug-likeness (QED) is 0.485. The van der Waals surface area contributed by atoms with Crippen LogP contribution in [0.15, 0.2) is 30.3 Å². The lowest BCUT2D eigenvalue weighted by Crippen LogP contribution is -2.29. The molecular formula is C21H35NO2. The molecule has 0 aliphatic carbocycles.